The molecule has 0 aromatic heterocycles. The molecule has 1 amide bonds. The molecule has 18 heavy (non-hydrogen) atoms. The summed E-state index contributed by atoms with van der Waals surface area (Å²) in [5.41, 5.74) is 0.128. The molecule has 1 aliphatic rings. The number of carbonyl (C=O) groups excluding carboxylic acids is 1. The van der Waals surface area contributed by atoms with Crippen molar-refractivity contribution in [2.75, 3.05) is 25.0 Å². The van der Waals surface area contributed by atoms with E-state index in [1.807, 2.05) is 0 Å². The number of amides is 1. The van der Waals surface area contributed by atoms with Gasteiger partial charge in [-0.2, -0.15) is 0 Å². The molecule has 1 fully saturated rings. The number of anilines is 1. The minimum Gasteiger partial charge on any atom is -0.389 e. The maximum atomic E-state index is 13.3. The van der Waals surface area contributed by atoms with Gasteiger partial charge in [0.1, 0.15) is 5.82 Å². The molecular formula is C12H15FN2O3. The highest BCUT2D eigenvalue weighted by molar-refractivity contribution is 5.92. The molecular weight excluding hydrogens is 239 g/mol. The second kappa shape index (κ2) is 5.43. The second-order valence-electron chi connectivity index (χ2n) is 4.36. The summed E-state index contributed by atoms with van der Waals surface area (Å²) in [6.07, 6.45) is -1.66. The third-order valence-electron chi connectivity index (χ3n) is 2.85. The van der Waals surface area contributed by atoms with Crippen LogP contribution >= 0.6 is 0 Å². The predicted molar refractivity (Wildman–Crippen MR) is 63.5 cm³/mol. The van der Waals surface area contributed by atoms with Gasteiger partial charge in [-0.1, -0.05) is 12.1 Å². The first kappa shape index (κ1) is 12.9. The maximum Gasteiger partial charge on any atom is 0.238 e. The number of halogens is 1. The Bertz CT molecular complexity index is 431. The number of β-amino-alcohol motifs (C(OH)–C–C–N with tert-alkyl or cyclic N) is 2. The number of hydrogen-bond acceptors (Lipinski definition) is 4. The van der Waals surface area contributed by atoms with Gasteiger partial charge in [0.2, 0.25) is 5.91 Å². The van der Waals surface area contributed by atoms with E-state index in [2.05, 4.69) is 5.32 Å². The lowest BCUT2D eigenvalue weighted by molar-refractivity contribution is -0.117. The molecule has 0 bridgehead atoms. The van der Waals surface area contributed by atoms with E-state index in [1.54, 1.807) is 11.0 Å². The van der Waals surface area contributed by atoms with Gasteiger partial charge in [0, 0.05) is 13.1 Å². The van der Waals surface area contributed by atoms with Gasteiger partial charge in [-0.15, -0.1) is 0 Å². The third kappa shape index (κ3) is 3.04. The van der Waals surface area contributed by atoms with Crippen LogP contribution in [0.1, 0.15) is 0 Å². The maximum absolute atomic E-state index is 13.3. The van der Waals surface area contributed by atoms with Crippen molar-refractivity contribution in [3.63, 3.8) is 0 Å². The summed E-state index contributed by atoms with van der Waals surface area (Å²) < 4.78 is 13.3. The van der Waals surface area contributed by atoms with E-state index in [-0.39, 0.29) is 31.2 Å². The second-order valence-corrected chi connectivity index (χ2v) is 4.36. The normalized spacial score (nSPS) is 24.2. The van der Waals surface area contributed by atoms with Gasteiger partial charge in [-0.25, -0.2) is 4.39 Å². The van der Waals surface area contributed by atoms with Crippen LogP contribution in [0.25, 0.3) is 0 Å². The summed E-state index contributed by atoms with van der Waals surface area (Å²) in [4.78, 5) is 13.3. The van der Waals surface area contributed by atoms with Crippen LogP contribution in [0, 0.1) is 5.82 Å². The highest BCUT2D eigenvalue weighted by Crippen LogP contribution is 2.13. The van der Waals surface area contributed by atoms with Crippen molar-refractivity contribution in [3.05, 3.63) is 30.1 Å². The standard InChI is InChI=1S/C12H15FN2O3/c13-8-3-1-2-4-9(8)14-12(18)7-15-5-10(16)11(17)6-15/h1-4,10-11,16-17H,5-7H2,(H,14,18)/t10-,11+. The summed E-state index contributed by atoms with van der Waals surface area (Å²) in [6.45, 7) is 0.500. The van der Waals surface area contributed by atoms with E-state index in [0.29, 0.717) is 0 Å². The van der Waals surface area contributed by atoms with Crippen molar-refractivity contribution in [2.45, 2.75) is 12.2 Å². The zero-order valence-corrected chi connectivity index (χ0v) is 9.71. The Morgan fingerprint density at radius 2 is 1.94 bits per heavy atom. The Kier molecular flexibility index (Phi) is 3.90. The molecule has 6 heteroatoms. The van der Waals surface area contributed by atoms with Crippen molar-refractivity contribution < 1.29 is 19.4 Å². The molecule has 3 N–H and O–H groups in total. The zero-order valence-electron chi connectivity index (χ0n) is 9.71. The van der Waals surface area contributed by atoms with Crippen LogP contribution < -0.4 is 5.32 Å². The van der Waals surface area contributed by atoms with Crippen molar-refractivity contribution in [2.24, 2.45) is 0 Å². The van der Waals surface area contributed by atoms with Gasteiger partial charge in [0.05, 0.1) is 24.4 Å². The molecule has 0 unspecified atom stereocenters. The molecule has 1 aliphatic heterocycles. The zero-order chi connectivity index (χ0) is 13.1. The highest BCUT2D eigenvalue weighted by Gasteiger charge is 2.30. The first-order chi connectivity index (χ1) is 8.56. The van der Waals surface area contributed by atoms with E-state index in [4.69, 9.17) is 0 Å². The van der Waals surface area contributed by atoms with E-state index < -0.39 is 18.0 Å². The highest BCUT2D eigenvalue weighted by atomic mass is 19.1. The minimum atomic E-state index is -0.828. The quantitative estimate of drug-likeness (QED) is 0.698. The fraction of sp³-hybridized carbons (Fsp3) is 0.417. The molecule has 0 spiro atoms. The average molecular weight is 254 g/mol. The number of carbonyl (C=O) groups is 1. The smallest absolute Gasteiger partial charge is 0.238 e. The lowest BCUT2D eigenvalue weighted by Crippen LogP contribution is -2.32. The summed E-state index contributed by atoms with van der Waals surface area (Å²) in [5.74, 6) is -0.867. The lowest BCUT2D eigenvalue weighted by atomic mass is 10.3. The van der Waals surface area contributed by atoms with Crippen LogP contribution in [0.2, 0.25) is 0 Å². The Balaban J connectivity index is 1.88. The minimum absolute atomic E-state index is 0.0163. The Hall–Kier alpha value is -1.50. The summed E-state index contributed by atoms with van der Waals surface area (Å²) in [7, 11) is 0. The van der Waals surface area contributed by atoms with Gasteiger partial charge >= 0.3 is 0 Å². The molecule has 0 radical (unpaired) electrons. The molecule has 1 heterocycles. The van der Waals surface area contributed by atoms with Crippen LogP contribution in [0.4, 0.5) is 10.1 Å². The SMILES string of the molecule is O=C(CN1C[C@@H](O)[C@@H](O)C1)Nc1ccccc1F. The number of nitrogens with one attached hydrogen (secondary N) is 1. The number of nitrogens with zero attached hydrogens (tertiary/aromatic N) is 1. The molecule has 5 nitrogen and oxygen atoms in total. The van der Waals surface area contributed by atoms with Gasteiger partial charge in [0.25, 0.3) is 0 Å². The van der Waals surface area contributed by atoms with Crippen molar-refractivity contribution >= 4 is 11.6 Å². The van der Waals surface area contributed by atoms with Crippen LogP contribution in [-0.2, 0) is 4.79 Å². The number of likely N-dealkylation sites (tertiary alicyclic amines) is 1. The molecule has 2 rings (SSSR count). The number of aliphatic hydroxyl groups is 2. The van der Waals surface area contributed by atoms with Gasteiger partial charge < -0.3 is 15.5 Å². The number of para-hydroxylation sites is 1. The summed E-state index contributed by atoms with van der Waals surface area (Å²) in [6, 6.07) is 5.90. The first-order valence-electron chi connectivity index (χ1n) is 5.69. The summed E-state index contributed by atoms with van der Waals surface area (Å²) in [5, 5.41) is 21.1. The number of hydrogen-bond donors (Lipinski definition) is 3. The Morgan fingerprint density at radius 3 is 2.56 bits per heavy atom. The van der Waals surface area contributed by atoms with Crippen LogP contribution in [0.15, 0.2) is 24.3 Å². The molecule has 2 atom stereocenters. The Labute approximate surface area is 104 Å². The van der Waals surface area contributed by atoms with E-state index in [9.17, 15) is 19.4 Å². The Morgan fingerprint density at radius 1 is 1.33 bits per heavy atom. The van der Waals surface area contributed by atoms with Gasteiger partial charge in [0.15, 0.2) is 0 Å². The number of rotatable bonds is 3. The topological polar surface area (TPSA) is 72.8 Å². The monoisotopic (exact) mass is 254 g/mol. The van der Waals surface area contributed by atoms with Crippen molar-refractivity contribution in [1.29, 1.82) is 0 Å². The van der Waals surface area contributed by atoms with E-state index >= 15 is 0 Å². The number of aliphatic hydroxyl groups excluding tert-OH is 2. The summed E-state index contributed by atoms with van der Waals surface area (Å²) >= 11 is 0. The van der Waals surface area contributed by atoms with Crippen molar-refractivity contribution in [1.82, 2.24) is 4.90 Å². The van der Waals surface area contributed by atoms with E-state index in [1.165, 1.54) is 18.2 Å². The van der Waals surface area contributed by atoms with Crippen LogP contribution in [0.5, 0.6) is 0 Å². The van der Waals surface area contributed by atoms with E-state index in [0.717, 1.165) is 0 Å². The first-order valence-corrected chi connectivity index (χ1v) is 5.69. The van der Waals surface area contributed by atoms with Crippen LogP contribution in [0.3, 0.4) is 0 Å². The van der Waals surface area contributed by atoms with Gasteiger partial charge in [-0.05, 0) is 12.1 Å². The molecule has 0 saturated carbocycles. The molecule has 1 aromatic carbocycles. The molecule has 1 saturated heterocycles. The largest absolute Gasteiger partial charge is 0.389 e. The van der Waals surface area contributed by atoms with Gasteiger partial charge in [-0.3, -0.25) is 9.69 Å². The van der Waals surface area contributed by atoms with Crippen LogP contribution in [-0.4, -0.2) is 52.9 Å². The van der Waals surface area contributed by atoms with Crippen molar-refractivity contribution in [3.8, 4) is 0 Å². The fourth-order valence-corrected chi connectivity index (χ4v) is 1.93. The average Bonchev–Trinajstić information content (AvgIpc) is 2.61. The third-order valence-corrected chi connectivity index (χ3v) is 2.85. The molecule has 0 aliphatic carbocycles. The predicted octanol–water partition coefficient (Wildman–Crippen LogP) is -0.198. The fourth-order valence-electron chi connectivity index (χ4n) is 1.93. The molecule has 1 aromatic rings. The lowest BCUT2D eigenvalue weighted by Gasteiger charge is -2.14. The number of benzene rings is 1. The molecule has 98 valence electrons.